The summed E-state index contributed by atoms with van der Waals surface area (Å²) in [5.41, 5.74) is -4.02. The van der Waals surface area contributed by atoms with Gasteiger partial charge in [-0.2, -0.15) is 26.3 Å². The molecule has 0 radical (unpaired) electrons. The van der Waals surface area contributed by atoms with E-state index >= 15 is 0 Å². The molecule has 2 aromatic rings. The van der Waals surface area contributed by atoms with Gasteiger partial charge in [-0.3, -0.25) is 0 Å². The molecule has 0 aliphatic rings. The number of carboxylic acid groups (broad SMARTS) is 1. The summed E-state index contributed by atoms with van der Waals surface area (Å²) < 4.78 is 81.3. The average molecular weight is 413 g/mol. The van der Waals surface area contributed by atoms with Gasteiger partial charge in [0.2, 0.25) is 0 Å². The molecule has 0 aliphatic carbocycles. The lowest BCUT2D eigenvalue weighted by Gasteiger charge is -2.33. The van der Waals surface area contributed by atoms with E-state index in [4.69, 9.17) is 16.7 Å². The molecule has 0 aromatic heterocycles. The Balaban J connectivity index is 2.25. The van der Waals surface area contributed by atoms with Gasteiger partial charge in [-0.25, -0.2) is 4.79 Å². The van der Waals surface area contributed by atoms with Crippen molar-refractivity contribution in [1.82, 2.24) is 0 Å². The van der Waals surface area contributed by atoms with Gasteiger partial charge in [0.05, 0.1) is 6.61 Å². The number of alkyl halides is 6. The first-order chi connectivity index (χ1) is 12.4. The van der Waals surface area contributed by atoms with Crippen LogP contribution in [0.4, 0.5) is 26.3 Å². The molecule has 0 saturated carbocycles. The molecule has 0 spiro atoms. The van der Waals surface area contributed by atoms with Crippen molar-refractivity contribution in [2.24, 2.45) is 0 Å². The van der Waals surface area contributed by atoms with Gasteiger partial charge in [-0.15, -0.1) is 0 Å². The molecule has 0 atom stereocenters. The van der Waals surface area contributed by atoms with Crippen LogP contribution in [0.2, 0.25) is 5.02 Å². The lowest BCUT2D eigenvalue weighted by molar-refractivity contribution is -0.370. The SMILES string of the molecule is O=C(O)C(OCc1ccc(-c2ccc(Cl)cc2)cc1)(C(F)(F)F)C(F)(F)F. The molecule has 2 aromatic carbocycles. The molecule has 3 nitrogen and oxygen atoms in total. The molecular weight excluding hydrogens is 402 g/mol. The Morgan fingerprint density at radius 1 is 0.852 bits per heavy atom. The Labute approximate surface area is 154 Å². The smallest absolute Gasteiger partial charge is 0.437 e. The van der Waals surface area contributed by atoms with Gasteiger partial charge in [0.1, 0.15) is 0 Å². The van der Waals surface area contributed by atoms with Crippen LogP contribution in [0, 0.1) is 0 Å². The van der Waals surface area contributed by atoms with E-state index in [9.17, 15) is 31.1 Å². The van der Waals surface area contributed by atoms with Crippen LogP contribution in [0.1, 0.15) is 5.56 Å². The Morgan fingerprint density at radius 2 is 1.26 bits per heavy atom. The first-order valence-electron chi connectivity index (χ1n) is 7.24. The normalized spacial score (nSPS) is 12.9. The van der Waals surface area contributed by atoms with Crippen molar-refractivity contribution >= 4 is 17.6 Å². The van der Waals surface area contributed by atoms with Gasteiger partial charge in [-0.1, -0.05) is 48.0 Å². The zero-order valence-corrected chi connectivity index (χ0v) is 14.0. The van der Waals surface area contributed by atoms with Crippen molar-refractivity contribution in [3.63, 3.8) is 0 Å². The predicted molar refractivity (Wildman–Crippen MR) is 84.2 cm³/mol. The summed E-state index contributed by atoms with van der Waals surface area (Å²) in [5.74, 6) is -3.18. The second-order valence-electron chi connectivity index (χ2n) is 5.47. The average Bonchev–Trinajstić information content (AvgIpc) is 2.54. The molecular formula is C17H11ClF6O3. The third-order valence-corrected chi connectivity index (χ3v) is 3.94. The van der Waals surface area contributed by atoms with E-state index in [1.807, 2.05) is 0 Å². The molecule has 0 saturated heterocycles. The van der Waals surface area contributed by atoms with E-state index in [-0.39, 0.29) is 5.56 Å². The molecule has 2 rings (SSSR count). The van der Waals surface area contributed by atoms with Crippen molar-refractivity contribution in [3.05, 3.63) is 59.1 Å². The second kappa shape index (κ2) is 7.40. The summed E-state index contributed by atoms with van der Waals surface area (Å²) >= 11 is 5.76. The van der Waals surface area contributed by atoms with E-state index < -0.39 is 30.5 Å². The van der Waals surface area contributed by atoms with Crippen LogP contribution < -0.4 is 0 Å². The van der Waals surface area contributed by atoms with Crippen LogP contribution in [0.15, 0.2) is 48.5 Å². The van der Waals surface area contributed by atoms with Crippen LogP contribution in [-0.2, 0) is 16.1 Å². The van der Waals surface area contributed by atoms with Crippen LogP contribution in [-0.4, -0.2) is 29.0 Å². The Bertz CT molecular complexity index is 783. The molecule has 0 unspecified atom stereocenters. The van der Waals surface area contributed by atoms with E-state index in [1.54, 1.807) is 24.3 Å². The minimum atomic E-state index is -6.19. The summed E-state index contributed by atoms with van der Waals surface area (Å²) in [7, 11) is 0. The first kappa shape index (κ1) is 21.0. The number of aliphatic carboxylic acids is 1. The summed E-state index contributed by atoms with van der Waals surface area (Å²) in [6.07, 6.45) is -12.4. The summed E-state index contributed by atoms with van der Waals surface area (Å²) in [5, 5.41) is 9.11. The lowest BCUT2D eigenvalue weighted by atomic mass is 10.0. The molecule has 0 amide bonds. The molecule has 146 valence electrons. The van der Waals surface area contributed by atoms with Crippen molar-refractivity contribution in [3.8, 4) is 11.1 Å². The monoisotopic (exact) mass is 412 g/mol. The van der Waals surface area contributed by atoms with E-state index in [2.05, 4.69) is 4.74 Å². The van der Waals surface area contributed by atoms with Crippen LogP contribution in [0.3, 0.4) is 0 Å². The summed E-state index contributed by atoms with van der Waals surface area (Å²) in [6.45, 7) is -1.20. The minimum Gasteiger partial charge on any atom is -0.479 e. The van der Waals surface area contributed by atoms with Gasteiger partial charge in [0.15, 0.2) is 0 Å². The first-order valence-corrected chi connectivity index (χ1v) is 7.62. The number of halogens is 7. The highest BCUT2D eigenvalue weighted by molar-refractivity contribution is 6.30. The summed E-state index contributed by atoms with van der Waals surface area (Å²) in [4.78, 5) is 10.8. The number of hydrogen-bond donors (Lipinski definition) is 1. The number of benzene rings is 2. The summed E-state index contributed by atoms with van der Waals surface area (Å²) in [6, 6.07) is 12.0. The minimum absolute atomic E-state index is 0.0631. The molecule has 27 heavy (non-hydrogen) atoms. The highest BCUT2D eigenvalue weighted by Crippen LogP contribution is 2.46. The van der Waals surface area contributed by atoms with Gasteiger partial charge in [0, 0.05) is 5.02 Å². The third kappa shape index (κ3) is 4.19. The van der Waals surface area contributed by atoms with Crippen molar-refractivity contribution in [2.75, 3.05) is 0 Å². The topological polar surface area (TPSA) is 46.5 Å². The number of carbonyl (C=O) groups is 1. The number of hydrogen-bond acceptors (Lipinski definition) is 2. The van der Waals surface area contributed by atoms with Gasteiger partial charge in [-0.05, 0) is 28.8 Å². The van der Waals surface area contributed by atoms with Crippen molar-refractivity contribution in [1.29, 1.82) is 0 Å². The van der Waals surface area contributed by atoms with Gasteiger partial charge >= 0.3 is 23.9 Å². The fraction of sp³-hybridized carbons (Fsp3) is 0.235. The highest BCUT2D eigenvalue weighted by atomic mass is 35.5. The quantitative estimate of drug-likeness (QED) is 0.662. The fourth-order valence-corrected chi connectivity index (χ4v) is 2.38. The molecule has 0 aliphatic heterocycles. The number of ether oxygens (including phenoxy) is 1. The number of rotatable bonds is 5. The van der Waals surface area contributed by atoms with Crippen LogP contribution >= 0.6 is 11.6 Å². The Kier molecular flexibility index (Phi) is 5.77. The maximum atomic E-state index is 12.9. The van der Waals surface area contributed by atoms with Gasteiger partial charge < -0.3 is 9.84 Å². The Hall–Kier alpha value is -2.26. The molecule has 10 heteroatoms. The third-order valence-electron chi connectivity index (χ3n) is 3.69. The highest BCUT2D eigenvalue weighted by Gasteiger charge is 2.78. The fourth-order valence-electron chi connectivity index (χ4n) is 2.26. The molecule has 0 heterocycles. The van der Waals surface area contributed by atoms with Crippen LogP contribution in [0.5, 0.6) is 0 Å². The van der Waals surface area contributed by atoms with E-state index in [0.717, 1.165) is 5.56 Å². The maximum absolute atomic E-state index is 12.9. The number of carboxylic acids is 1. The largest absolute Gasteiger partial charge is 0.479 e. The molecule has 0 fully saturated rings. The van der Waals surface area contributed by atoms with Gasteiger partial charge in [0.25, 0.3) is 0 Å². The Morgan fingerprint density at radius 3 is 1.63 bits per heavy atom. The van der Waals surface area contributed by atoms with Crippen molar-refractivity contribution < 1.29 is 41.0 Å². The zero-order valence-electron chi connectivity index (χ0n) is 13.2. The van der Waals surface area contributed by atoms with E-state index in [0.29, 0.717) is 10.6 Å². The van der Waals surface area contributed by atoms with Crippen molar-refractivity contribution in [2.45, 2.75) is 24.6 Å². The van der Waals surface area contributed by atoms with Crippen LogP contribution in [0.25, 0.3) is 11.1 Å². The van der Waals surface area contributed by atoms with E-state index in [1.165, 1.54) is 24.3 Å². The second-order valence-corrected chi connectivity index (χ2v) is 5.91. The molecule has 0 bridgehead atoms. The predicted octanol–water partition coefficient (Wildman–Crippen LogP) is 5.47. The zero-order chi connectivity index (χ0) is 20.5. The molecule has 1 N–H and O–H groups in total. The standard InChI is InChI=1S/C17H11ClF6O3/c18-13-7-5-12(6-8-13)11-3-1-10(2-4-11)9-27-15(14(25)26,16(19,20)21)17(22,23)24/h1-8H,9H2,(H,25,26). The maximum Gasteiger partial charge on any atom is 0.437 e. The lowest BCUT2D eigenvalue weighted by Crippen LogP contribution is -2.64.